The van der Waals surface area contributed by atoms with Gasteiger partial charge in [0.1, 0.15) is 23.3 Å². The van der Waals surface area contributed by atoms with Crippen molar-refractivity contribution >= 4 is 17.7 Å². The Morgan fingerprint density at radius 3 is 2.52 bits per heavy atom. The number of likely N-dealkylation sites (tertiary alicyclic amines) is 1. The lowest BCUT2D eigenvalue weighted by atomic mass is 9.74. The van der Waals surface area contributed by atoms with E-state index in [0.717, 1.165) is 60.9 Å². The molecule has 0 aromatic heterocycles. The third-order valence-electron chi connectivity index (χ3n) is 8.88. The number of hydrogen-bond acceptors (Lipinski definition) is 6. The van der Waals surface area contributed by atoms with Crippen LogP contribution in [-0.2, 0) is 28.1 Å². The Morgan fingerprint density at radius 1 is 0.950 bits per heavy atom. The number of benzene rings is 3. The summed E-state index contributed by atoms with van der Waals surface area (Å²) >= 11 is 0. The van der Waals surface area contributed by atoms with Crippen LogP contribution in [0.25, 0.3) is 0 Å². The molecule has 8 nitrogen and oxygen atoms in total. The minimum Gasteiger partial charge on any atom is -0.492 e. The topological polar surface area (TPSA) is 88.2 Å². The van der Waals surface area contributed by atoms with Gasteiger partial charge in [0.2, 0.25) is 11.8 Å². The normalized spacial score (nSPS) is 21.6. The van der Waals surface area contributed by atoms with E-state index in [0.29, 0.717) is 25.1 Å². The van der Waals surface area contributed by atoms with Crippen molar-refractivity contribution in [2.45, 2.75) is 50.2 Å². The number of carbonyl (C=O) groups excluding carboxylic acids is 3. The number of piperidine rings is 2. The van der Waals surface area contributed by atoms with Gasteiger partial charge in [-0.25, -0.2) is 0 Å². The second kappa shape index (κ2) is 9.78. The van der Waals surface area contributed by atoms with Crippen molar-refractivity contribution < 1.29 is 23.9 Å². The molecule has 3 aromatic rings. The van der Waals surface area contributed by atoms with Crippen molar-refractivity contribution in [3.05, 3.63) is 89.0 Å². The molecule has 4 aliphatic heterocycles. The molecule has 1 spiro atoms. The smallest absolute Gasteiger partial charge is 0.255 e. The van der Waals surface area contributed by atoms with Crippen LogP contribution in [0.5, 0.6) is 17.2 Å². The van der Waals surface area contributed by atoms with Gasteiger partial charge in [0.05, 0.1) is 13.2 Å². The zero-order valence-electron chi connectivity index (χ0n) is 22.2. The van der Waals surface area contributed by atoms with Gasteiger partial charge >= 0.3 is 0 Å². The molecule has 40 heavy (non-hydrogen) atoms. The average Bonchev–Trinajstić information content (AvgIpc) is 3.49. The molecule has 1 atom stereocenters. The van der Waals surface area contributed by atoms with E-state index in [9.17, 15) is 14.4 Å². The van der Waals surface area contributed by atoms with Gasteiger partial charge in [0, 0.05) is 40.6 Å². The number of amides is 3. The first-order valence-electron chi connectivity index (χ1n) is 14.0. The van der Waals surface area contributed by atoms with Crippen molar-refractivity contribution in [1.29, 1.82) is 0 Å². The zero-order valence-corrected chi connectivity index (χ0v) is 22.2. The quantitative estimate of drug-likeness (QED) is 0.492. The number of rotatable bonds is 5. The van der Waals surface area contributed by atoms with Gasteiger partial charge in [-0.2, -0.15) is 0 Å². The zero-order chi connectivity index (χ0) is 27.3. The molecule has 3 aromatic carbocycles. The van der Waals surface area contributed by atoms with Crippen LogP contribution >= 0.6 is 0 Å². The number of carbonyl (C=O) groups is 3. The first-order chi connectivity index (χ1) is 19.5. The molecule has 1 N–H and O–H groups in total. The van der Waals surface area contributed by atoms with Crippen LogP contribution in [-0.4, -0.2) is 53.3 Å². The van der Waals surface area contributed by atoms with Gasteiger partial charge in [0.15, 0.2) is 0 Å². The highest BCUT2D eigenvalue weighted by Crippen LogP contribution is 2.49. The summed E-state index contributed by atoms with van der Waals surface area (Å²) in [6.07, 6.45) is 2.52. The maximum absolute atomic E-state index is 13.2. The summed E-state index contributed by atoms with van der Waals surface area (Å²) in [6.45, 7) is 3.62. The van der Waals surface area contributed by atoms with Crippen LogP contribution in [0.1, 0.15) is 52.7 Å². The Balaban J connectivity index is 1.05. The van der Waals surface area contributed by atoms with Gasteiger partial charge in [-0.15, -0.1) is 0 Å². The Kier molecular flexibility index (Phi) is 6.08. The largest absolute Gasteiger partial charge is 0.492 e. The van der Waals surface area contributed by atoms with Crippen molar-refractivity contribution in [2.24, 2.45) is 0 Å². The lowest BCUT2D eigenvalue weighted by molar-refractivity contribution is -0.136. The van der Waals surface area contributed by atoms with E-state index in [-0.39, 0.29) is 23.7 Å². The fraction of sp³-hybridized carbons (Fsp3) is 0.344. The minimum atomic E-state index is -0.624. The van der Waals surface area contributed by atoms with Crippen molar-refractivity contribution in [1.82, 2.24) is 15.1 Å². The average molecular weight is 538 g/mol. The number of nitrogens with zero attached hydrogens (tertiary/aromatic N) is 2. The Hall–Kier alpha value is -4.17. The van der Waals surface area contributed by atoms with E-state index >= 15 is 0 Å². The summed E-state index contributed by atoms with van der Waals surface area (Å²) in [5.41, 5.74) is 3.74. The molecular formula is C32H31N3O5. The van der Waals surface area contributed by atoms with Crippen LogP contribution in [0.15, 0.2) is 66.7 Å². The van der Waals surface area contributed by atoms with Gasteiger partial charge in [0.25, 0.3) is 5.91 Å². The van der Waals surface area contributed by atoms with Crippen molar-refractivity contribution in [2.75, 3.05) is 19.7 Å². The molecule has 8 heteroatoms. The van der Waals surface area contributed by atoms with E-state index in [1.54, 1.807) is 4.90 Å². The summed E-state index contributed by atoms with van der Waals surface area (Å²) in [6, 6.07) is 21.4. The van der Waals surface area contributed by atoms with E-state index < -0.39 is 11.9 Å². The second-order valence-electron chi connectivity index (χ2n) is 11.2. The van der Waals surface area contributed by atoms with Crippen LogP contribution in [0.2, 0.25) is 0 Å². The molecular weight excluding hydrogens is 506 g/mol. The van der Waals surface area contributed by atoms with Crippen molar-refractivity contribution in [3.63, 3.8) is 0 Å². The molecule has 0 saturated carbocycles. The number of ether oxygens (including phenoxy) is 2. The predicted octanol–water partition coefficient (Wildman–Crippen LogP) is 4.17. The molecule has 0 radical (unpaired) electrons. The van der Waals surface area contributed by atoms with Crippen molar-refractivity contribution in [3.8, 4) is 17.2 Å². The van der Waals surface area contributed by atoms with Crippen LogP contribution in [0, 0.1) is 0 Å². The molecule has 2 fully saturated rings. The number of para-hydroxylation sites is 2. The first-order valence-corrected chi connectivity index (χ1v) is 14.0. The summed E-state index contributed by atoms with van der Waals surface area (Å²) in [5, 5.41) is 2.37. The molecule has 204 valence electrons. The van der Waals surface area contributed by atoms with E-state index in [1.807, 2.05) is 48.5 Å². The Bertz CT molecular complexity index is 1500. The standard InChI is InChI=1S/C32H31N3O5/c36-28-13-12-26(30(37)33-28)35-19-24-23(31(35)38)10-11-25-29(24)39-20-32(25)14-16-34(17-15-32)18-21-6-4-5-9-27(21)40-22-7-2-1-3-8-22/h1-11,26H,12-20H2,(H,33,36,37). The van der Waals surface area contributed by atoms with Gasteiger partial charge in [-0.1, -0.05) is 42.5 Å². The van der Waals surface area contributed by atoms with Crippen LogP contribution in [0.4, 0.5) is 0 Å². The fourth-order valence-corrected chi connectivity index (χ4v) is 6.63. The Labute approximate surface area is 232 Å². The Morgan fingerprint density at radius 2 is 1.73 bits per heavy atom. The third kappa shape index (κ3) is 4.23. The minimum absolute atomic E-state index is 0.0774. The SMILES string of the molecule is O=C1CCC(N2Cc3c(ccc4c3OCC43CCN(Cc4ccccc4Oc4ccccc4)CC3)C2=O)C(=O)N1. The molecule has 4 heterocycles. The number of fused-ring (bicyclic) bond motifs is 4. The molecule has 0 aliphatic carbocycles. The fourth-order valence-electron chi connectivity index (χ4n) is 6.63. The van der Waals surface area contributed by atoms with E-state index in [2.05, 4.69) is 28.4 Å². The second-order valence-corrected chi connectivity index (χ2v) is 11.2. The number of imide groups is 1. The number of hydrogen-bond donors (Lipinski definition) is 1. The molecule has 4 aliphatic rings. The maximum atomic E-state index is 13.2. The van der Waals surface area contributed by atoms with E-state index in [4.69, 9.17) is 9.47 Å². The summed E-state index contributed by atoms with van der Waals surface area (Å²) in [4.78, 5) is 41.4. The van der Waals surface area contributed by atoms with E-state index in [1.165, 1.54) is 5.56 Å². The lowest BCUT2D eigenvalue weighted by Crippen LogP contribution is -2.52. The monoisotopic (exact) mass is 537 g/mol. The predicted molar refractivity (Wildman–Crippen MR) is 147 cm³/mol. The molecule has 3 amide bonds. The highest BCUT2D eigenvalue weighted by Gasteiger charge is 2.47. The highest BCUT2D eigenvalue weighted by molar-refractivity contribution is 6.05. The lowest BCUT2D eigenvalue weighted by Gasteiger charge is -2.38. The molecule has 0 bridgehead atoms. The van der Waals surface area contributed by atoms with Gasteiger partial charge in [-0.05, 0) is 56.6 Å². The third-order valence-corrected chi connectivity index (χ3v) is 8.88. The summed E-state index contributed by atoms with van der Waals surface area (Å²) in [5.74, 6) is 1.68. The van der Waals surface area contributed by atoms with Gasteiger partial charge < -0.3 is 14.4 Å². The van der Waals surface area contributed by atoms with Gasteiger partial charge in [-0.3, -0.25) is 24.6 Å². The highest BCUT2D eigenvalue weighted by atomic mass is 16.5. The van der Waals surface area contributed by atoms with Crippen LogP contribution in [0.3, 0.4) is 0 Å². The summed E-state index contributed by atoms with van der Waals surface area (Å²) < 4.78 is 12.5. The summed E-state index contributed by atoms with van der Waals surface area (Å²) in [7, 11) is 0. The molecule has 7 rings (SSSR count). The van der Waals surface area contributed by atoms with Crippen LogP contribution < -0.4 is 14.8 Å². The first kappa shape index (κ1) is 24.8. The molecule has 2 saturated heterocycles. The maximum Gasteiger partial charge on any atom is 0.255 e. The molecule has 1 unspecified atom stereocenters. The number of nitrogens with one attached hydrogen (secondary N) is 1.